The van der Waals surface area contributed by atoms with Crippen molar-refractivity contribution in [3.05, 3.63) is 17.8 Å². The van der Waals surface area contributed by atoms with Crippen LogP contribution in [0.25, 0.3) is 10.2 Å². The zero-order valence-electron chi connectivity index (χ0n) is 10.1. The Balaban J connectivity index is 2.04. The van der Waals surface area contributed by atoms with Crippen molar-refractivity contribution in [2.24, 2.45) is 0 Å². The summed E-state index contributed by atoms with van der Waals surface area (Å²) in [6.45, 7) is 3.41. The number of nitrogens with zero attached hydrogens (tertiary/aromatic N) is 3. The number of anilines is 1. The van der Waals surface area contributed by atoms with Crippen molar-refractivity contribution in [3.8, 4) is 0 Å². The molecule has 0 amide bonds. The lowest BCUT2D eigenvalue weighted by Gasteiger charge is -2.36. The lowest BCUT2D eigenvalue weighted by atomic mass is 10.00. The molecule has 1 saturated heterocycles. The summed E-state index contributed by atoms with van der Waals surface area (Å²) in [5.41, 5.74) is 0. The van der Waals surface area contributed by atoms with E-state index in [9.17, 15) is 0 Å². The molecule has 0 aromatic carbocycles. The Morgan fingerprint density at radius 3 is 3.24 bits per heavy atom. The molecule has 0 radical (unpaired) electrons. The summed E-state index contributed by atoms with van der Waals surface area (Å²) in [7, 11) is 0. The van der Waals surface area contributed by atoms with Crippen LogP contribution in [0.5, 0.6) is 0 Å². The fourth-order valence-electron chi connectivity index (χ4n) is 2.71. The van der Waals surface area contributed by atoms with Crippen LogP contribution in [0.1, 0.15) is 32.6 Å². The molecule has 1 fully saturated rings. The van der Waals surface area contributed by atoms with Crippen LogP contribution in [0.2, 0.25) is 0 Å². The molecule has 1 aliphatic heterocycles. The summed E-state index contributed by atoms with van der Waals surface area (Å²) < 4.78 is 0. The average Bonchev–Trinajstić information content (AvgIpc) is 2.86. The Labute approximate surface area is 106 Å². The molecular formula is C13H17N3S. The third-order valence-corrected chi connectivity index (χ3v) is 4.43. The minimum atomic E-state index is 0.654. The number of hydrogen-bond donors (Lipinski definition) is 0. The molecule has 0 aliphatic carbocycles. The van der Waals surface area contributed by atoms with Crippen LogP contribution in [0.3, 0.4) is 0 Å². The maximum Gasteiger partial charge on any atom is 0.141 e. The third-order valence-electron chi connectivity index (χ3n) is 3.61. The van der Waals surface area contributed by atoms with Crippen molar-refractivity contribution in [1.82, 2.24) is 9.97 Å². The van der Waals surface area contributed by atoms with Crippen LogP contribution in [-0.2, 0) is 0 Å². The first-order valence-electron chi connectivity index (χ1n) is 6.35. The molecule has 1 atom stereocenters. The first-order chi connectivity index (χ1) is 8.40. The van der Waals surface area contributed by atoms with Gasteiger partial charge in [0.05, 0.1) is 5.39 Å². The lowest BCUT2D eigenvalue weighted by molar-refractivity contribution is 0.448. The fraction of sp³-hybridized carbons (Fsp3) is 0.538. The van der Waals surface area contributed by atoms with Gasteiger partial charge in [0.15, 0.2) is 0 Å². The molecule has 0 bridgehead atoms. The van der Waals surface area contributed by atoms with Crippen LogP contribution < -0.4 is 4.90 Å². The third kappa shape index (κ3) is 1.90. The quantitative estimate of drug-likeness (QED) is 0.813. The van der Waals surface area contributed by atoms with Gasteiger partial charge in [-0.15, -0.1) is 11.3 Å². The zero-order valence-corrected chi connectivity index (χ0v) is 10.9. The van der Waals surface area contributed by atoms with Crippen molar-refractivity contribution < 1.29 is 0 Å². The number of piperidine rings is 1. The van der Waals surface area contributed by atoms with Crippen molar-refractivity contribution >= 4 is 27.4 Å². The Bertz CT molecular complexity index is 508. The molecule has 0 N–H and O–H groups in total. The minimum Gasteiger partial charge on any atom is -0.353 e. The Morgan fingerprint density at radius 1 is 1.41 bits per heavy atom. The second kappa shape index (κ2) is 4.61. The van der Waals surface area contributed by atoms with Gasteiger partial charge in [0.2, 0.25) is 0 Å². The van der Waals surface area contributed by atoms with Crippen LogP contribution in [0.4, 0.5) is 5.82 Å². The molecule has 4 heteroatoms. The summed E-state index contributed by atoms with van der Waals surface area (Å²) in [6, 6.07) is 2.80. The molecule has 17 heavy (non-hydrogen) atoms. The van der Waals surface area contributed by atoms with E-state index in [1.54, 1.807) is 17.7 Å². The van der Waals surface area contributed by atoms with Gasteiger partial charge < -0.3 is 4.90 Å². The molecule has 1 aliphatic rings. The van der Waals surface area contributed by atoms with E-state index in [0.29, 0.717) is 6.04 Å². The van der Waals surface area contributed by atoms with Crippen LogP contribution in [0, 0.1) is 0 Å². The fourth-order valence-corrected chi connectivity index (χ4v) is 3.44. The molecule has 3 nitrogen and oxygen atoms in total. The van der Waals surface area contributed by atoms with E-state index >= 15 is 0 Å². The highest BCUT2D eigenvalue weighted by molar-refractivity contribution is 7.16. The van der Waals surface area contributed by atoms with E-state index < -0.39 is 0 Å². The summed E-state index contributed by atoms with van der Waals surface area (Å²) >= 11 is 1.70. The molecular weight excluding hydrogens is 230 g/mol. The van der Waals surface area contributed by atoms with Gasteiger partial charge in [-0.25, -0.2) is 9.97 Å². The summed E-state index contributed by atoms with van der Waals surface area (Å²) in [5, 5.41) is 3.33. The minimum absolute atomic E-state index is 0.654. The van der Waals surface area contributed by atoms with Gasteiger partial charge >= 0.3 is 0 Å². The van der Waals surface area contributed by atoms with Gasteiger partial charge in [-0.05, 0) is 37.1 Å². The van der Waals surface area contributed by atoms with E-state index in [-0.39, 0.29) is 0 Å². The molecule has 3 rings (SSSR count). The molecule has 2 aromatic heterocycles. The molecule has 0 saturated carbocycles. The molecule has 2 aromatic rings. The van der Waals surface area contributed by atoms with Gasteiger partial charge in [0, 0.05) is 12.6 Å². The second-order valence-electron chi connectivity index (χ2n) is 4.59. The van der Waals surface area contributed by atoms with Gasteiger partial charge in [-0.3, -0.25) is 0 Å². The number of hydrogen-bond acceptors (Lipinski definition) is 4. The number of aromatic nitrogens is 2. The topological polar surface area (TPSA) is 29.0 Å². The van der Waals surface area contributed by atoms with Crippen LogP contribution in [0.15, 0.2) is 17.8 Å². The Hall–Kier alpha value is -1.16. The molecule has 90 valence electrons. The molecule has 1 unspecified atom stereocenters. The Kier molecular flexibility index (Phi) is 2.97. The molecule has 0 spiro atoms. The highest BCUT2D eigenvalue weighted by atomic mass is 32.1. The van der Waals surface area contributed by atoms with Crippen molar-refractivity contribution in [3.63, 3.8) is 0 Å². The number of rotatable bonds is 2. The number of thiophene rings is 1. The van der Waals surface area contributed by atoms with Gasteiger partial charge in [-0.2, -0.15) is 0 Å². The van der Waals surface area contributed by atoms with E-state index in [0.717, 1.165) is 17.2 Å². The van der Waals surface area contributed by atoms with E-state index in [4.69, 9.17) is 0 Å². The normalized spacial score (nSPS) is 21.0. The largest absolute Gasteiger partial charge is 0.353 e. The maximum absolute atomic E-state index is 4.52. The predicted molar refractivity (Wildman–Crippen MR) is 72.7 cm³/mol. The molecule has 3 heterocycles. The maximum atomic E-state index is 4.52. The number of fused-ring (bicyclic) bond motifs is 1. The van der Waals surface area contributed by atoms with E-state index in [1.165, 1.54) is 31.1 Å². The summed E-state index contributed by atoms with van der Waals surface area (Å²) in [4.78, 5) is 12.4. The highest BCUT2D eigenvalue weighted by Crippen LogP contribution is 2.31. The van der Waals surface area contributed by atoms with Gasteiger partial charge in [0.25, 0.3) is 0 Å². The SMILES string of the molecule is CCC1CCCCN1c1ncnc2sccc12. The zero-order chi connectivity index (χ0) is 11.7. The van der Waals surface area contributed by atoms with Crippen LogP contribution >= 0.6 is 11.3 Å². The highest BCUT2D eigenvalue weighted by Gasteiger charge is 2.23. The predicted octanol–water partition coefficient (Wildman–Crippen LogP) is 3.46. The van der Waals surface area contributed by atoms with Gasteiger partial charge in [0.1, 0.15) is 17.0 Å². The second-order valence-corrected chi connectivity index (χ2v) is 5.48. The smallest absolute Gasteiger partial charge is 0.141 e. The lowest BCUT2D eigenvalue weighted by Crippen LogP contribution is -2.39. The monoisotopic (exact) mass is 247 g/mol. The van der Waals surface area contributed by atoms with Crippen molar-refractivity contribution in [1.29, 1.82) is 0 Å². The summed E-state index contributed by atoms with van der Waals surface area (Å²) in [6.07, 6.45) is 6.84. The first kappa shape index (κ1) is 11.0. The van der Waals surface area contributed by atoms with Crippen molar-refractivity contribution in [2.75, 3.05) is 11.4 Å². The van der Waals surface area contributed by atoms with E-state index in [2.05, 4.69) is 33.2 Å². The first-order valence-corrected chi connectivity index (χ1v) is 7.23. The van der Waals surface area contributed by atoms with E-state index in [1.807, 2.05) is 0 Å². The Morgan fingerprint density at radius 2 is 2.35 bits per heavy atom. The van der Waals surface area contributed by atoms with Gasteiger partial charge in [-0.1, -0.05) is 6.92 Å². The van der Waals surface area contributed by atoms with Crippen molar-refractivity contribution in [2.45, 2.75) is 38.6 Å². The standard InChI is InChI=1S/C13H17N3S/c1-2-10-5-3-4-7-16(10)12-11-6-8-17-13(11)15-9-14-12/h6,8-10H,2-5,7H2,1H3. The average molecular weight is 247 g/mol. The van der Waals surface area contributed by atoms with Crippen LogP contribution in [-0.4, -0.2) is 22.6 Å². The summed E-state index contributed by atoms with van der Waals surface area (Å²) in [5.74, 6) is 1.14.